The molecule has 0 aliphatic rings. The molecule has 2 aromatic rings. The summed E-state index contributed by atoms with van der Waals surface area (Å²) in [5.74, 6) is 5.69. The SMILES string of the molecule is Cc1ccc(C(Cc2ccccc2Cl)NN)c(C)n1. The van der Waals surface area contributed by atoms with Gasteiger partial charge in [0.25, 0.3) is 0 Å². The monoisotopic (exact) mass is 275 g/mol. The van der Waals surface area contributed by atoms with E-state index in [4.69, 9.17) is 17.4 Å². The van der Waals surface area contributed by atoms with Gasteiger partial charge in [-0.25, -0.2) is 0 Å². The lowest BCUT2D eigenvalue weighted by molar-refractivity contribution is 0.547. The van der Waals surface area contributed by atoms with Crippen LogP contribution < -0.4 is 11.3 Å². The number of halogens is 1. The third kappa shape index (κ3) is 3.32. The van der Waals surface area contributed by atoms with Crippen LogP contribution in [-0.4, -0.2) is 4.98 Å². The first kappa shape index (κ1) is 14.0. The first-order valence-electron chi connectivity index (χ1n) is 6.25. The lowest BCUT2D eigenvalue weighted by atomic mass is 9.98. The Morgan fingerprint density at radius 2 is 1.95 bits per heavy atom. The van der Waals surface area contributed by atoms with Crippen LogP contribution >= 0.6 is 11.6 Å². The van der Waals surface area contributed by atoms with E-state index in [0.717, 1.165) is 34.0 Å². The molecule has 19 heavy (non-hydrogen) atoms. The van der Waals surface area contributed by atoms with Crippen LogP contribution in [0.25, 0.3) is 0 Å². The van der Waals surface area contributed by atoms with Crippen molar-refractivity contribution in [1.82, 2.24) is 10.4 Å². The van der Waals surface area contributed by atoms with Crippen LogP contribution in [0.15, 0.2) is 36.4 Å². The average molecular weight is 276 g/mol. The maximum absolute atomic E-state index is 6.19. The van der Waals surface area contributed by atoms with E-state index in [9.17, 15) is 0 Å². The van der Waals surface area contributed by atoms with E-state index in [1.54, 1.807) is 0 Å². The van der Waals surface area contributed by atoms with E-state index in [0.29, 0.717) is 0 Å². The third-order valence-electron chi connectivity index (χ3n) is 3.22. The summed E-state index contributed by atoms with van der Waals surface area (Å²) in [5, 5.41) is 0.764. The molecule has 0 aliphatic heterocycles. The Labute approximate surface area is 118 Å². The Morgan fingerprint density at radius 3 is 2.58 bits per heavy atom. The maximum Gasteiger partial charge on any atom is 0.0518 e. The molecule has 3 N–H and O–H groups in total. The largest absolute Gasteiger partial charge is 0.271 e. The molecule has 0 saturated carbocycles. The lowest BCUT2D eigenvalue weighted by Crippen LogP contribution is -2.30. The Kier molecular flexibility index (Phi) is 4.53. The van der Waals surface area contributed by atoms with Gasteiger partial charge in [-0.05, 0) is 43.5 Å². The Morgan fingerprint density at radius 1 is 1.21 bits per heavy atom. The maximum atomic E-state index is 6.19. The molecule has 0 amide bonds. The van der Waals surface area contributed by atoms with Crippen LogP contribution in [0, 0.1) is 13.8 Å². The van der Waals surface area contributed by atoms with Gasteiger partial charge in [-0.3, -0.25) is 16.3 Å². The van der Waals surface area contributed by atoms with E-state index in [2.05, 4.69) is 16.5 Å². The minimum atomic E-state index is 0.00741. The van der Waals surface area contributed by atoms with Crippen LogP contribution in [0.4, 0.5) is 0 Å². The summed E-state index contributed by atoms with van der Waals surface area (Å²) in [5.41, 5.74) is 7.04. The average Bonchev–Trinajstić information content (AvgIpc) is 2.39. The summed E-state index contributed by atoms with van der Waals surface area (Å²) in [6, 6.07) is 11.9. The molecular weight excluding hydrogens is 258 g/mol. The molecule has 0 saturated heterocycles. The lowest BCUT2D eigenvalue weighted by Gasteiger charge is -2.19. The van der Waals surface area contributed by atoms with Crippen molar-refractivity contribution in [2.45, 2.75) is 26.3 Å². The summed E-state index contributed by atoms with van der Waals surface area (Å²) in [6.07, 6.45) is 0.738. The van der Waals surface area contributed by atoms with Crippen molar-refractivity contribution in [3.8, 4) is 0 Å². The zero-order valence-corrected chi connectivity index (χ0v) is 11.9. The first-order chi connectivity index (χ1) is 9.11. The molecular formula is C15H18ClN3. The minimum absolute atomic E-state index is 0.00741. The summed E-state index contributed by atoms with van der Waals surface area (Å²) in [6.45, 7) is 3.98. The number of nitrogens with two attached hydrogens (primary N) is 1. The molecule has 4 heteroatoms. The van der Waals surface area contributed by atoms with Crippen molar-refractivity contribution < 1.29 is 0 Å². The molecule has 1 aromatic heterocycles. The molecule has 0 radical (unpaired) electrons. The Balaban J connectivity index is 2.28. The number of benzene rings is 1. The van der Waals surface area contributed by atoms with Crippen LogP contribution in [0.3, 0.4) is 0 Å². The predicted octanol–water partition coefficient (Wildman–Crippen LogP) is 3.10. The normalized spacial score (nSPS) is 12.4. The second kappa shape index (κ2) is 6.15. The fourth-order valence-corrected chi connectivity index (χ4v) is 2.42. The van der Waals surface area contributed by atoms with E-state index < -0.39 is 0 Å². The second-order valence-electron chi connectivity index (χ2n) is 4.64. The number of pyridine rings is 1. The van der Waals surface area contributed by atoms with Crippen molar-refractivity contribution in [2.75, 3.05) is 0 Å². The van der Waals surface area contributed by atoms with Gasteiger partial charge in [0.1, 0.15) is 0 Å². The highest BCUT2D eigenvalue weighted by atomic mass is 35.5. The van der Waals surface area contributed by atoms with Gasteiger partial charge < -0.3 is 0 Å². The van der Waals surface area contributed by atoms with Gasteiger partial charge in [0, 0.05) is 16.4 Å². The molecule has 1 heterocycles. The standard InChI is InChI=1S/C15H18ClN3/c1-10-7-8-13(11(2)18-10)15(19-17)9-12-5-3-4-6-14(12)16/h3-8,15,19H,9,17H2,1-2H3. The van der Waals surface area contributed by atoms with Gasteiger partial charge in [0.2, 0.25) is 0 Å². The zero-order chi connectivity index (χ0) is 13.8. The van der Waals surface area contributed by atoms with Gasteiger partial charge in [-0.2, -0.15) is 0 Å². The van der Waals surface area contributed by atoms with Crippen LogP contribution in [0.2, 0.25) is 5.02 Å². The molecule has 1 unspecified atom stereocenters. The second-order valence-corrected chi connectivity index (χ2v) is 5.05. The topological polar surface area (TPSA) is 50.9 Å². The summed E-state index contributed by atoms with van der Waals surface area (Å²) < 4.78 is 0. The minimum Gasteiger partial charge on any atom is -0.271 e. The molecule has 0 spiro atoms. The number of hydrazine groups is 1. The number of hydrogen-bond acceptors (Lipinski definition) is 3. The number of aromatic nitrogens is 1. The third-order valence-corrected chi connectivity index (χ3v) is 3.59. The van der Waals surface area contributed by atoms with E-state index >= 15 is 0 Å². The van der Waals surface area contributed by atoms with E-state index in [1.807, 2.05) is 44.2 Å². The summed E-state index contributed by atoms with van der Waals surface area (Å²) in [4.78, 5) is 4.48. The number of nitrogens with zero attached hydrogens (tertiary/aromatic N) is 1. The Hall–Kier alpha value is -1.42. The van der Waals surface area contributed by atoms with Crippen molar-refractivity contribution >= 4 is 11.6 Å². The number of nitrogens with one attached hydrogen (secondary N) is 1. The van der Waals surface area contributed by atoms with Crippen molar-refractivity contribution in [1.29, 1.82) is 0 Å². The molecule has 1 aromatic carbocycles. The molecule has 0 aliphatic carbocycles. The Bertz CT molecular complexity index is 569. The highest BCUT2D eigenvalue weighted by Crippen LogP contribution is 2.24. The molecule has 0 fully saturated rings. The smallest absolute Gasteiger partial charge is 0.0518 e. The predicted molar refractivity (Wildman–Crippen MR) is 78.9 cm³/mol. The van der Waals surface area contributed by atoms with Gasteiger partial charge in [-0.15, -0.1) is 0 Å². The fourth-order valence-electron chi connectivity index (χ4n) is 2.21. The molecule has 2 rings (SSSR count). The van der Waals surface area contributed by atoms with E-state index in [-0.39, 0.29) is 6.04 Å². The van der Waals surface area contributed by atoms with Crippen molar-refractivity contribution in [2.24, 2.45) is 5.84 Å². The van der Waals surface area contributed by atoms with Gasteiger partial charge >= 0.3 is 0 Å². The van der Waals surface area contributed by atoms with E-state index in [1.165, 1.54) is 0 Å². The van der Waals surface area contributed by atoms with Crippen LogP contribution in [-0.2, 0) is 6.42 Å². The first-order valence-corrected chi connectivity index (χ1v) is 6.63. The quantitative estimate of drug-likeness (QED) is 0.666. The fraction of sp³-hybridized carbons (Fsp3) is 0.267. The summed E-state index contributed by atoms with van der Waals surface area (Å²) >= 11 is 6.19. The zero-order valence-electron chi connectivity index (χ0n) is 11.2. The van der Waals surface area contributed by atoms with Gasteiger partial charge in [0.05, 0.1) is 6.04 Å². The molecule has 100 valence electrons. The highest BCUT2D eigenvalue weighted by molar-refractivity contribution is 6.31. The summed E-state index contributed by atoms with van der Waals surface area (Å²) in [7, 11) is 0. The molecule has 3 nitrogen and oxygen atoms in total. The highest BCUT2D eigenvalue weighted by Gasteiger charge is 2.15. The van der Waals surface area contributed by atoms with Crippen molar-refractivity contribution in [3.05, 3.63) is 63.9 Å². The van der Waals surface area contributed by atoms with Gasteiger partial charge in [-0.1, -0.05) is 35.9 Å². The van der Waals surface area contributed by atoms with Crippen LogP contribution in [0.5, 0.6) is 0 Å². The molecule has 1 atom stereocenters. The molecule has 0 bridgehead atoms. The number of aryl methyl sites for hydroxylation is 2. The van der Waals surface area contributed by atoms with Gasteiger partial charge in [0.15, 0.2) is 0 Å². The van der Waals surface area contributed by atoms with Crippen molar-refractivity contribution in [3.63, 3.8) is 0 Å². The number of hydrogen-bond donors (Lipinski definition) is 2. The van der Waals surface area contributed by atoms with Crippen LogP contribution in [0.1, 0.15) is 28.6 Å². The number of rotatable bonds is 4.